The fourth-order valence-electron chi connectivity index (χ4n) is 7.13. The van der Waals surface area contributed by atoms with Crippen molar-refractivity contribution in [1.29, 1.82) is 0 Å². The van der Waals surface area contributed by atoms with Crippen LogP contribution in [0.15, 0.2) is 29.2 Å². The highest BCUT2D eigenvalue weighted by atomic mass is 32.2. The maximum atomic E-state index is 14.4. The first-order valence-electron chi connectivity index (χ1n) is 12.3. The molecule has 2 aliphatic rings. The van der Waals surface area contributed by atoms with Crippen LogP contribution >= 0.6 is 15.2 Å². The Balaban J connectivity index is 2.41. The highest BCUT2D eigenvalue weighted by molar-refractivity contribution is 7.89. The molecule has 1 aliphatic heterocycles. The van der Waals surface area contributed by atoms with Gasteiger partial charge in [0.05, 0.1) is 4.90 Å². The molecular formula is C23H39NO8P2S. The Morgan fingerprint density at radius 3 is 1.86 bits per heavy atom. The van der Waals surface area contributed by atoms with Crippen LogP contribution in [0.4, 0.5) is 0 Å². The van der Waals surface area contributed by atoms with Crippen molar-refractivity contribution < 1.29 is 37.1 Å². The monoisotopic (exact) mass is 551 g/mol. The number of aryl methyl sites for hydroxylation is 1. The van der Waals surface area contributed by atoms with Crippen LogP contribution in [0.25, 0.3) is 0 Å². The predicted octanol–water partition coefficient (Wildman–Crippen LogP) is 4.58. The molecular weight excluding hydrogens is 512 g/mol. The molecule has 0 amide bonds. The highest BCUT2D eigenvalue weighted by Crippen LogP contribution is 2.79. The Labute approximate surface area is 208 Å². The molecule has 12 heteroatoms. The summed E-state index contributed by atoms with van der Waals surface area (Å²) in [5.41, 5.74) is -1.31. The summed E-state index contributed by atoms with van der Waals surface area (Å²) in [4.78, 5) is 38.7. The average Bonchev–Trinajstić information content (AvgIpc) is 3.14. The maximum Gasteiger partial charge on any atom is 0.343 e. The van der Waals surface area contributed by atoms with Crippen LogP contribution in [-0.2, 0) is 19.2 Å². The summed E-state index contributed by atoms with van der Waals surface area (Å²) < 4.78 is 55.9. The topological polar surface area (TPSA) is 152 Å². The lowest BCUT2D eigenvalue weighted by molar-refractivity contribution is -0.0696. The van der Waals surface area contributed by atoms with Crippen molar-refractivity contribution in [3.05, 3.63) is 29.8 Å². The van der Waals surface area contributed by atoms with Gasteiger partial charge in [0.25, 0.3) is 0 Å². The molecule has 200 valence electrons. The van der Waals surface area contributed by atoms with Gasteiger partial charge in [-0.05, 0) is 69.4 Å². The second-order valence-electron chi connectivity index (χ2n) is 10.3. The van der Waals surface area contributed by atoms with Gasteiger partial charge >= 0.3 is 15.2 Å². The van der Waals surface area contributed by atoms with Crippen LogP contribution < -0.4 is 0 Å². The Hall–Kier alpha value is -0.570. The first-order valence-corrected chi connectivity index (χ1v) is 16.9. The van der Waals surface area contributed by atoms with E-state index in [1.165, 1.54) is 16.4 Å². The van der Waals surface area contributed by atoms with E-state index in [2.05, 4.69) is 0 Å². The summed E-state index contributed by atoms with van der Waals surface area (Å²) >= 11 is 0. The molecule has 0 radical (unpaired) electrons. The molecule has 1 aromatic carbocycles. The lowest BCUT2D eigenvalue weighted by atomic mass is 9.63. The largest absolute Gasteiger partial charge is 0.343 e. The Bertz CT molecular complexity index is 1120. The van der Waals surface area contributed by atoms with Gasteiger partial charge in [-0.3, -0.25) is 9.13 Å². The molecule has 1 aliphatic carbocycles. The van der Waals surface area contributed by atoms with Gasteiger partial charge in [0.15, 0.2) is 4.90 Å². The standard InChI is InChI=1S/C23H39NO8P2S/c1-6-18-14-19-15-23(33(25,26)27,34(28,29)30)16-22(19,9-4)24(21(18,7-2)8-3)35(31,32)20-12-10-17(5)11-13-20/h10-13,18-19H,6-9,14-16H2,1-5H3,(H2,25,26,27)(H2,28,29,30)/t18?,19-,22+/m0/s1. The van der Waals surface area contributed by atoms with Crippen LogP contribution in [0.1, 0.15) is 78.2 Å². The Morgan fingerprint density at radius 2 is 1.46 bits per heavy atom. The number of rotatable bonds is 8. The van der Waals surface area contributed by atoms with Crippen LogP contribution in [0.5, 0.6) is 0 Å². The molecule has 1 aromatic rings. The normalized spacial score (nSPS) is 29.2. The number of piperidine rings is 1. The SMILES string of the molecule is CCC1C[C@H]2CC(P(=O)(O)O)(P(=O)(O)O)C[C@@]2(CC)N(S(=O)(=O)c2ccc(C)cc2)C1(CC)CC. The van der Waals surface area contributed by atoms with Crippen molar-refractivity contribution in [2.45, 2.75) is 100 Å². The quantitative estimate of drug-likeness (QED) is 0.343. The number of hydrogen-bond donors (Lipinski definition) is 4. The van der Waals surface area contributed by atoms with Gasteiger partial charge in [0.2, 0.25) is 10.0 Å². The summed E-state index contributed by atoms with van der Waals surface area (Å²) in [5, 5.41) is 0. The number of sulfonamides is 1. The van der Waals surface area contributed by atoms with E-state index in [0.29, 0.717) is 25.7 Å². The van der Waals surface area contributed by atoms with E-state index in [0.717, 1.165) is 5.56 Å². The summed E-state index contributed by atoms with van der Waals surface area (Å²) in [6.45, 7) is 9.40. The minimum absolute atomic E-state index is 0.0718. The third-order valence-electron chi connectivity index (χ3n) is 9.03. The van der Waals surface area contributed by atoms with E-state index in [1.54, 1.807) is 19.1 Å². The molecule has 0 aromatic heterocycles. The fraction of sp³-hybridized carbons (Fsp3) is 0.739. The predicted molar refractivity (Wildman–Crippen MR) is 134 cm³/mol. The molecule has 1 saturated heterocycles. The summed E-state index contributed by atoms with van der Waals surface area (Å²) in [6.07, 6.45) is 1.21. The molecule has 0 bridgehead atoms. The molecule has 2 fully saturated rings. The number of nitrogens with zero attached hydrogens (tertiary/aromatic N) is 1. The Kier molecular flexibility index (Phi) is 7.72. The third kappa shape index (κ3) is 4.13. The van der Waals surface area contributed by atoms with E-state index in [-0.39, 0.29) is 17.2 Å². The van der Waals surface area contributed by atoms with Crippen molar-refractivity contribution in [3.8, 4) is 0 Å². The van der Waals surface area contributed by atoms with E-state index in [4.69, 9.17) is 0 Å². The number of benzene rings is 1. The van der Waals surface area contributed by atoms with Crippen molar-refractivity contribution in [2.75, 3.05) is 0 Å². The summed E-state index contributed by atoms with van der Waals surface area (Å²) in [5.74, 6) is -0.740. The summed E-state index contributed by atoms with van der Waals surface area (Å²) in [7, 11) is -14.8. The number of fused-ring (bicyclic) bond motifs is 1. The smallest absolute Gasteiger partial charge is 0.324 e. The maximum absolute atomic E-state index is 14.4. The molecule has 4 N–H and O–H groups in total. The van der Waals surface area contributed by atoms with Crippen LogP contribution in [0.2, 0.25) is 0 Å². The molecule has 35 heavy (non-hydrogen) atoms. The van der Waals surface area contributed by atoms with Gasteiger partial charge in [-0.15, -0.1) is 0 Å². The molecule has 0 spiro atoms. The van der Waals surface area contributed by atoms with Crippen molar-refractivity contribution in [2.24, 2.45) is 11.8 Å². The van der Waals surface area contributed by atoms with Gasteiger partial charge < -0.3 is 19.6 Å². The summed E-state index contributed by atoms with van der Waals surface area (Å²) in [6, 6.07) is 6.47. The molecule has 1 unspecified atom stereocenters. The minimum Gasteiger partial charge on any atom is -0.324 e. The van der Waals surface area contributed by atoms with Crippen molar-refractivity contribution in [1.82, 2.24) is 4.31 Å². The van der Waals surface area contributed by atoms with Gasteiger partial charge in [0.1, 0.15) is 0 Å². The van der Waals surface area contributed by atoms with Crippen LogP contribution in [0, 0.1) is 18.8 Å². The zero-order valence-corrected chi connectivity index (χ0v) is 23.7. The molecule has 3 rings (SSSR count). The average molecular weight is 552 g/mol. The van der Waals surface area contributed by atoms with Crippen LogP contribution in [-0.4, -0.2) is 48.3 Å². The zero-order valence-electron chi connectivity index (χ0n) is 21.1. The van der Waals surface area contributed by atoms with E-state index >= 15 is 0 Å². The van der Waals surface area contributed by atoms with Crippen molar-refractivity contribution in [3.63, 3.8) is 0 Å². The van der Waals surface area contributed by atoms with Gasteiger partial charge in [-0.25, -0.2) is 8.42 Å². The molecule has 1 heterocycles. The van der Waals surface area contributed by atoms with Gasteiger partial charge in [-0.1, -0.05) is 51.8 Å². The Morgan fingerprint density at radius 1 is 0.943 bits per heavy atom. The number of hydrogen-bond acceptors (Lipinski definition) is 4. The van der Waals surface area contributed by atoms with Crippen molar-refractivity contribution >= 4 is 25.2 Å². The van der Waals surface area contributed by atoms with Gasteiger partial charge in [-0.2, -0.15) is 4.31 Å². The van der Waals surface area contributed by atoms with Crippen LogP contribution in [0.3, 0.4) is 0 Å². The first-order chi connectivity index (χ1) is 16.0. The third-order valence-corrected chi connectivity index (χ3v) is 15.5. The first kappa shape index (κ1) is 29.0. The van der Waals surface area contributed by atoms with E-state index in [1.807, 2.05) is 27.7 Å². The second kappa shape index (κ2) is 9.32. The lowest BCUT2D eigenvalue weighted by Gasteiger charge is -2.61. The fourth-order valence-corrected chi connectivity index (χ4v) is 12.8. The molecule has 1 saturated carbocycles. The molecule has 3 atom stereocenters. The lowest BCUT2D eigenvalue weighted by Crippen LogP contribution is -2.70. The molecule has 9 nitrogen and oxygen atoms in total. The highest BCUT2D eigenvalue weighted by Gasteiger charge is 2.75. The van der Waals surface area contributed by atoms with E-state index < -0.39 is 59.9 Å². The van der Waals surface area contributed by atoms with E-state index in [9.17, 15) is 37.1 Å². The second-order valence-corrected chi connectivity index (χ2v) is 16.4. The zero-order chi connectivity index (χ0) is 26.7. The minimum atomic E-state index is -5.32. The van der Waals surface area contributed by atoms with Gasteiger partial charge in [0, 0.05) is 11.1 Å².